The van der Waals surface area contributed by atoms with Crippen molar-refractivity contribution in [2.24, 2.45) is 0 Å². The van der Waals surface area contributed by atoms with E-state index in [4.69, 9.17) is 22.9 Å². The number of hydrogen-bond acceptors (Lipinski definition) is 8. The Bertz CT molecular complexity index is 1470. The average molecular weight is 571 g/mol. The normalized spacial score (nSPS) is 20.4. The Morgan fingerprint density at radius 2 is 1.97 bits per heavy atom. The minimum Gasteiger partial charge on any atom is -0.381 e. The number of methoxy groups -OCH3 is 1. The molecule has 0 amide bonds. The Kier molecular flexibility index (Phi) is 8.16. The topological polar surface area (TPSA) is 119 Å². The number of halogens is 1. The number of nitrogens with zero attached hydrogens (tertiary/aromatic N) is 6. The van der Waals surface area contributed by atoms with Crippen LogP contribution in [0.3, 0.4) is 0 Å². The van der Waals surface area contributed by atoms with Crippen LogP contribution in [0.1, 0.15) is 31.2 Å². The lowest BCUT2D eigenvalue weighted by Gasteiger charge is -2.34. The molecule has 39 heavy (non-hydrogen) atoms. The van der Waals surface area contributed by atoms with E-state index in [2.05, 4.69) is 30.5 Å². The molecule has 2 N–H and O–H groups in total. The lowest BCUT2D eigenvalue weighted by Crippen LogP contribution is -2.44. The Morgan fingerprint density at radius 1 is 1.21 bits per heavy atom. The van der Waals surface area contributed by atoms with Gasteiger partial charge in [0.1, 0.15) is 0 Å². The lowest BCUT2D eigenvalue weighted by molar-refractivity contribution is 0.0170. The Labute approximate surface area is 233 Å². The van der Waals surface area contributed by atoms with Crippen molar-refractivity contribution >= 4 is 33.3 Å². The van der Waals surface area contributed by atoms with Crippen LogP contribution in [0, 0.1) is 6.57 Å². The number of anilines is 1. The Hall–Kier alpha value is -3.08. The molecule has 0 bridgehead atoms. The summed E-state index contributed by atoms with van der Waals surface area (Å²) in [4.78, 5) is 12.5. The molecule has 0 unspecified atom stereocenters. The minimum absolute atomic E-state index is 0.0369. The molecule has 206 valence electrons. The van der Waals surface area contributed by atoms with E-state index >= 15 is 0 Å². The van der Waals surface area contributed by atoms with Gasteiger partial charge in [-0.2, -0.15) is 5.10 Å². The van der Waals surface area contributed by atoms with Gasteiger partial charge in [-0.15, -0.1) is 0 Å². The van der Waals surface area contributed by atoms with Crippen LogP contribution in [0.25, 0.3) is 21.8 Å². The van der Waals surface area contributed by atoms with Crippen molar-refractivity contribution in [3.8, 4) is 16.9 Å². The van der Waals surface area contributed by atoms with Gasteiger partial charge in [-0.3, -0.25) is 0 Å². The molecule has 11 nitrogen and oxygen atoms in total. The maximum absolute atomic E-state index is 11.8. The lowest BCUT2D eigenvalue weighted by atomic mass is 9.89. The molecule has 1 aromatic carbocycles. The van der Waals surface area contributed by atoms with Crippen molar-refractivity contribution < 1.29 is 13.2 Å². The number of piperidine rings is 1. The number of ether oxygens (including phenoxy) is 1. The first-order valence-corrected chi connectivity index (χ1v) is 15.0. The van der Waals surface area contributed by atoms with Crippen LogP contribution >= 0.6 is 11.6 Å². The fourth-order valence-electron chi connectivity index (χ4n) is 4.86. The average Bonchev–Trinajstić information content (AvgIpc) is 3.37. The van der Waals surface area contributed by atoms with E-state index in [1.165, 1.54) is 16.8 Å². The van der Waals surface area contributed by atoms with E-state index < -0.39 is 10.0 Å². The number of nitrogens with one attached hydrogen (secondary N) is 2. The number of rotatable bonds is 9. The van der Waals surface area contributed by atoms with E-state index in [9.17, 15) is 8.42 Å². The first-order valence-electron chi connectivity index (χ1n) is 12.8. The van der Waals surface area contributed by atoms with Gasteiger partial charge in [0, 0.05) is 56.8 Å². The van der Waals surface area contributed by atoms with Gasteiger partial charge in [0.2, 0.25) is 21.7 Å². The quantitative estimate of drug-likeness (QED) is 0.374. The second kappa shape index (κ2) is 11.6. The molecule has 1 aliphatic heterocycles. The summed E-state index contributed by atoms with van der Waals surface area (Å²) in [6.45, 7) is 9.19. The van der Waals surface area contributed by atoms with Gasteiger partial charge < -0.3 is 15.4 Å². The number of benzene rings is 1. The molecule has 5 rings (SSSR count). The second-order valence-corrected chi connectivity index (χ2v) is 12.4. The van der Waals surface area contributed by atoms with Gasteiger partial charge in [-0.05, 0) is 43.4 Å². The predicted octanol–water partition coefficient (Wildman–Crippen LogP) is 3.64. The highest BCUT2D eigenvalue weighted by Gasteiger charge is 2.28. The third-order valence-corrected chi connectivity index (χ3v) is 8.89. The molecule has 0 radical (unpaired) electrons. The molecule has 2 fully saturated rings. The molecule has 13 heteroatoms. The van der Waals surface area contributed by atoms with Gasteiger partial charge >= 0.3 is 0 Å². The summed E-state index contributed by atoms with van der Waals surface area (Å²) in [6, 6.07) is 6.39. The van der Waals surface area contributed by atoms with Gasteiger partial charge in [0.25, 0.3) is 0 Å². The SMILES string of the molecule is [C-]#[N+]c1cnc(NC2CCN(S(C)(=O)=O)CC2)nc1-c1cnn(-c2ccc(CNC3CC(OC)C3)cc2Cl)c1. The maximum Gasteiger partial charge on any atom is 0.231 e. The maximum atomic E-state index is 11.8. The number of aromatic nitrogens is 4. The summed E-state index contributed by atoms with van der Waals surface area (Å²) in [5, 5.41) is 11.9. The van der Waals surface area contributed by atoms with Crippen LogP contribution < -0.4 is 10.6 Å². The predicted molar refractivity (Wildman–Crippen MR) is 150 cm³/mol. The second-order valence-electron chi connectivity index (χ2n) is 9.99. The number of hydrogen-bond donors (Lipinski definition) is 2. The fraction of sp³-hybridized carbons (Fsp3) is 0.462. The smallest absolute Gasteiger partial charge is 0.231 e. The molecule has 1 saturated carbocycles. The van der Waals surface area contributed by atoms with Crippen molar-refractivity contribution in [1.29, 1.82) is 0 Å². The van der Waals surface area contributed by atoms with Crippen LogP contribution in [0.15, 0.2) is 36.8 Å². The molecule has 0 atom stereocenters. The van der Waals surface area contributed by atoms with E-state index in [1.54, 1.807) is 24.2 Å². The molecule has 0 spiro atoms. The zero-order valence-corrected chi connectivity index (χ0v) is 23.4. The highest BCUT2D eigenvalue weighted by molar-refractivity contribution is 7.88. The Morgan fingerprint density at radius 3 is 2.64 bits per heavy atom. The zero-order chi connectivity index (χ0) is 27.6. The van der Waals surface area contributed by atoms with Gasteiger partial charge in [0.15, 0.2) is 0 Å². The first kappa shape index (κ1) is 27.5. The van der Waals surface area contributed by atoms with Crippen molar-refractivity contribution in [2.45, 2.75) is 50.4 Å². The zero-order valence-electron chi connectivity index (χ0n) is 21.8. The summed E-state index contributed by atoms with van der Waals surface area (Å²) >= 11 is 6.62. The molecule has 2 aromatic heterocycles. The van der Waals surface area contributed by atoms with E-state index in [0.717, 1.165) is 30.6 Å². The summed E-state index contributed by atoms with van der Waals surface area (Å²) in [5.41, 5.74) is 3.25. The minimum atomic E-state index is -3.19. The largest absolute Gasteiger partial charge is 0.381 e. The van der Waals surface area contributed by atoms with Crippen LogP contribution in [-0.4, -0.2) is 77.1 Å². The van der Waals surface area contributed by atoms with Crippen LogP contribution in [-0.2, 0) is 21.3 Å². The summed E-state index contributed by atoms with van der Waals surface area (Å²) in [5.74, 6) is 0.390. The summed E-state index contributed by atoms with van der Waals surface area (Å²) in [6.07, 6.45) is 9.86. The van der Waals surface area contributed by atoms with E-state index in [1.807, 2.05) is 18.2 Å². The molecule has 1 aliphatic carbocycles. The molecule has 3 aromatic rings. The molecular weight excluding hydrogens is 540 g/mol. The molecule has 1 saturated heterocycles. The summed E-state index contributed by atoms with van der Waals surface area (Å²) in [7, 11) is -1.45. The monoisotopic (exact) mass is 570 g/mol. The standard InChI is InChI=1S/C26H31ClN8O3S/c1-28-23-15-30-26(32-19-6-8-34(9-7-19)39(3,36)37)33-25(23)18-14-31-35(16-18)24-5-4-17(10-22(24)27)13-29-20-11-21(12-20)38-2/h4-5,10,14-16,19-21,29H,6-9,11-13H2,2-3H3,(H,30,32,33). The van der Waals surface area contributed by atoms with Crippen LogP contribution in [0.4, 0.5) is 11.6 Å². The van der Waals surface area contributed by atoms with Crippen molar-refractivity contribution in [3.05, 3.63) is 58.8 Å². The van der Waals surface area contributed by atoms with Crippen LogP contribution in [0.2, 0.25) is 5.02 Å². The van der Waals surface area contributed by atoms with Crippen molar-refractivity contribution in [2.75, 3.05) is 31.8 Å². The number of sulfonamides is 1. The van der Waals surface area contributed by atoms with Gasteiger partial charge in [-0.25, -0.2) is 32.2 Å². The van der Waals surface area contributed by atoms with Gasteiger partial charge in [0.05, 0.1) is 41.5 Å². The highest BCUT2D eigenvalue weighted by atomic mass is 35.5. The molecule has 3 heterocycles. The van der Waals surface area contributed by atoms with Gasteiger partial charge in [-0.1, -0.05) is 17.7 Å². The molecular formula is C26H31ClN8O3S. The van der Waals surface area contributed by atoms with E-state index in [-0.39, 0.29) is 6.04 Å². The van der Waals surface area contributed by atoms with Crippen molar-refractivity contribution in [3.63, 3.8) is 0 Å². The van der Waals surface area contributed by atoms with Crippen molar-refractivity contribution in [1.82, 2.24) is 29.4 Å². The van der Waals surface area contributed by atoms with Crippen LogP contribution in [0.5, 0.6) is 0 Å². The Balaban J connectivity index is 1.27. The highest BCUT2D eigenvalue weighted by Crippen LogP contribution is 2.31. The third kappa shape index (κ3) is 6.40. The van der Waals surface area contributed by atoms with E-state index in [0.29, 0.717) is 66.0 Å². The summed E-state index contributed by atoms with van der Waals surface area (Å²) < 4.78 is 32.1. The third-order valence-electron chi connectivity index (χ3n) is 7.28. The molecule has 2 aliphatic rings. The fourth-order valence-corrected chi connectivity index (χ4v) is 6.03. The first-order chi connectivity index (χ1) is 18.7.